The van der Waals surface area contributed by atoms with Crippen molar-refractivity contribution >= 4 is 23.4 Å². The van der Waals surface area contributed by atoms with E-state index >= 15 is 0 Å². The summed E-state index contributed by atoms with van der Waals surface area (Å²) in [6.45, 7) is 3.36. The van der Waals surface area contributed by atoms with Crippen molar-refractivity contribution < 1.29 is 9.52 Å². The fourth-order valence-electron chi connectivity index (χ4n) is 2.78. The van der Waals surface area contributed by atoms with Crippen LogP contribution in [0.25, 0.3) is 22.7 Å². The van der Waals surface area contributed by atoms with Gasteiger partial charge in [-0.2, -0.15) is 5.26 Å². The van der Waals surface area contributed by atoms with E-state index in [4.69, 9.17) is 21.3 Å². The van der Waals surface area contributed by atoms with E-state index < -0.39 is 5.60 Å². The van der Waals surface area contributed by atoms with Gasteiger partial charge in [0.05, 0.1) is 22.3 Å². The van der Waals surface area contributed by atoms with E-state index in [1.54, 1.807) is 68.7 Å². The Labute approximate surface area is 188 Å². The summed E-state index contributed by atoms with van der Waals surface area (Å²) in [7, 11) is 0. The second-order valence-corrected chi connectivity index (χ2v) is 8.68. The first kappa shape index (κ1) is 21.1. The Morgan fingerprint density at radius 3 is 2.32 bits per heavy atom. The number of nitriles is 1. The molecule has 4 rings (SSSR count). The second kappa shape index (κ2) is 8.52. The summed E-state index contributed by atoms with van der Waals surface area (Å²) in [5, 5.41) is 21.0. The molecule has 4 aromatic rings. The first-order valence-corrected chi connectivity index (χ1v) is 10.5. The molecule has 31 heavy (non-hydrogen) atoms. The van der Waals surface area contributed by atoms with Gasteiger partial charge >= 0.3 is 0 Å². The van der Waals surface area contributed by atoms with Crippen LogP contribution in [0.3, 0.4) is 0 Å². The molecule has 0 saturated heterocycles. The van der Waals surface area contributed by atoms with Crippen LogP contribution in [-0.2, 0) is 5.60 Å². The van der Waals surface area contributed by atoms with E-state index in [1.165, 1.54) is 11.8 Å². The van der Waals surface area contributed by atoms with Gasteiger partial charge < -0.3 is 9.52 Å². The van der Waals surface area contributed by atoms with Crippen molar-refractivity contribution in [2.45, 2.75) is 29.6 Å². The van der Waals surface area contributed by atoms with Crippen LogP contribution < -0.4 is 0 Å². The lowest BCUT2D eigenvalue weighted by Gasteiger charge is -2.16. The van der Waals surface area contributed by atoms with E-state index in [1.807, 2.05) is 6.07 Å². The molecule has 0 fully saturated rings. The lowest BCUT2D eigenvalue weighted by atomic mass is 10.0. The van der Waals surface area contributed by atoms with Crippen molar-refractivity contribution in [2.75, 3.05) is 0 Å². The van der Waals surface area contributed by atoms with E-state index in [0.717, 1.165) is 11.1 Å². The standard InChI is InChI=1S/C23H17ClN4O2S/c1-23(2,29)18-9-7-16(12-26-18)20-22(31-19-10-8-17(24)13-27-19)30-21(28-20)15-5-3-14(11-25)4-6-15/h3-10,12-13,29H,1-2H3. The highest BCUT2D eigenvalue weighted by molar-refractivity contribution is 7.99. The Kier molecular flexibility index (Phi) is 5.79. The van der Waals surface area contributed by atoms with E-state index in [2.05, 4.69) is 21.0 Å². The van der Waals surface area contributed by atoms with Crippen LogP contribution in [-0.4, -0.2) is 20.1 Å². The molecule has 8 heteroatoms. The maximum absolute atomic E-state index is 10.2. The average Bonchev–Trinajstić information content (AvgIpc) is 3.18. The fraction of sp³-hybridized carbons (Fsp3) is 0.130. The molecule has 0 amide bonds. The smallest absolute Gasteiger partial charge is 0.228 e. The summed E-state index contributed by atoms with van der Waals surface area (Å²) in [6.07, 6.45) is 3.23. The minimum atomic E-state index is -1.04. The summed E-state index contributed by atoms with van der Waals surface area (Å²) >= 11 is 7.27. The highest BCUT2D eigenvalue weighted by atomic mass is 35.5. The van der Waals surface area contributed by atoms with E-state index in [9.17, 15) is 5.11 Å². The van der Waals surface area contributed by atoms with Crippen molar-refractivity contribution in [1.29, 1.82) is 5.26 Å². The molecular weight excluding hydrogens is 432 g/mol. The molecular formula is C23H17ClN4O2S. The predicted octanol–water partition coefficient (Wildman–Crippen LogP) is 5.70. The Morgan fingerprint density at radius 2 is 1.74 bits per heavy atom. The largest absolute Gasteiger partial charge is 0.429 e. The zero-order valence-corrected chi connectivity index (χ0v) is 18.3. The van der Waals surface area contributed by atoms with Crippen molar-refractivity contribution in [2.24, 2.45) is 0 Å². The van der Waals surface area contributed by atoms with Crippen LogP contribution in [0.1, 0.15) is 25.1 Å². The van der Waals surface area contributed by atoms with Gasteiger partial charge in [0.1, 0.15) is 16.3 Å². The van der Waals surface area contributed by atoms with Gasteiger partial charge in [-0.15, -0.1) is 0 Å². The number of halogens is 1. The lowest BCUT2D eigenvalue weighted by Crippen LogP contribution is -2.17. The minimum absolute atomic E-state index is 0.419. The van der Waals surface area contributed by atoms with Gasteiger partial charge in [0.15, 0.2) is 5.09 Å². The van der Waals surface area contributed by atoms with Gasteiger partial charge in [-0.1, -0.05) is 11.6 Å². The second-order valence-electron chi connectivity index (χ2n) is 7.25. The molecule has 0 aliphatic rings. The molecule has 1 N–H and O–H groups in total. The minimum Gasteiger partial charge on any atom is -0.429 e. The third kappa shape index (κ3) is 4.78. The summed E-state index contributed by atoms with van der Waals surface area (Å²) < 4.78 is 6.08. The average molecular weight is 449 g/mol. The monoisotopic (exact) mass is 448 g/mol. The summed E-state index contributed by atoms with van der Waals surface area (Å²) in [5.41, 5.74) is 2.17. The van der Waals surface area contributed by atoms with Crippen LogP contribution in [0.2, 0.25) is 5.02 Å². The van der Waals surface area contributed by atoms with Gasteiger partial charge in [-0.25, -0.2) is 9.97 Å². The van der Waals surface area contributed by atoms with E-state index in [0.29, 0.717) is 38.0 Å². The Morgan fingerprint density at radius 1 is 1.00 bits per heavy atom. The number of nitrogens with zero attached hydrogens (tertiary/aromatic N) is 4. The number of rotatable bonds is 5. The maximum atomic E-state index is 10.2. The number of hydrogen-bond donors (Lipinski definition) is 1. The number of hydrogen-bond acceptors (Lipinski definition) is 7. The molecule has 1 aromatic carbocycles. The van der Waals surface area contributed by atoms with Gasteiger partial charge in [-0.05, 0) is 74.1 Å². The molecule has 0 saturated carbocycles. The normalized spacial score (nSPS) is 11.3. The van der Waals surface area contributed by atoms with Crippen LogP contribution in [0, 0.1) is 11.3 Å². The van der Waals surface area contributed by atoms with Crippen LogP contribution in [0.15, 0.2) is 75.5 Å². The van der Waals surface area contributed by atoms with Gasteiger partial charge in [0, 0.05) is 23.5 Å². The number of aliphatic hydroxyl groups is 1. The molecule has 0 radical (unpaired) electrons. The summed E-state index contributed by atoms with van der Waals surface area (Å²) in [6, 6.07) is 16.3. The van der Waals surface area contributed by atoms with Crippen LogP contribution in [0.4, 0.5) is 0 Å². The molecule has 0 spiro atoms. The van der Waals surface area contributed by atoms with Crippen molar-refractivity contribution in [3.8, 4) is 28.8 Å². The zero-order chi connectivity index (χ0) is 22.0. The van der Waals surface area contributed by atoms with Crippen LogP contribution >= 0.6 is 23.4 Å². The number of benzene rings is 1. The van der Waals surface area contributed by atoms with Gasteiger partial charge in [-0.3, -0.25) is 4.98 Å². The molecule has 0 atom stereocenters. The molecule has 0 unspecified atom stereocenters. The zero-order valence-electron chi connectivity index (χ0n) is 16.7. The molecule has 3 heterocycles. The highest BCUT2D eigenvalue weighted by Crippen LogP contribution is 2.38. The summed E-state index contributed by atoms with van der Waals surface area (Å²) in [5.74, 6) is 0.419. The molecule has 0 aliphatic carbocycles. The van der Waals surface area contributed by atoms with Crippen LogP contribution in [0.5, 0.6) is 0 Å². The SMILES string of the molecule is CC(C)(O)c1ccc(-c2nc(-c3ccc(C#N)cc3)oc2Sc2ccc(Cl)cn2)cn1. The molecule has 154 valence electrons. The molecule has 0 aliphatic heterocycles. The van der Waals surface area contributed by atoms with Gasteiger partial charge in [0.2, 0.25) is 5.89 Å². The lowest BCUT2D eigenvalue weighted by molar-refractivity contribution is 0.0739. The maximum Gasteiger partial charge on any atom is 0.228 e. The topological polar surface area (TPSA) is 95.8 Å². The summed E-state index contributed by atoms with van der Waals surface area (Å²) in [4.78, 5) is 13.4. The van der Waals surface area contributed by atoms with E-state index in [-0.39, 0.29) is 0 Å². The third-order valence-electron chi connectivity index (χ3n) is 4.42. The number of aromatic nitrogens is 3. The quantitative estimate of drug-likeness (QED) is 0.418. The highest BCUT2D eigenvalue weighted by Gasteiger charge is 2.21. The van der Waals surface area contributed by atoms with Crippen molar-refractivity contribution in [3.05, 3.63) is 77.2 Å². The Bertz CT molecular complexity index is 1240. The Hall–Kier alpha value is -3.18. The molecule has 6 nitrogen and oxygen atoms in total. The fourth-order valence-corrected chi connectivity index (χ4v) is 3.71. The van der Waals surface area contributed by atoms with Crippen molar-refractivity contribution in [1.82, 2.24) is 15.0 Å². The molecule has 3 aromatic heterocycles. The third-order valence-corrected chi connectivity index (χ3v) is 5.55. The first-order valence-electron chi connectivity index (χ1n) is 9.33. The van der Waals surface area contributed by atoms with Gasteiger partial charge in [0.25, 0.3) is 0 Å². The molecule has 0 bridgehead atoms. The number of pyridine rings is 2. The predicted molar refractivity (Wildman–Crippen MR) is 118 cm³/mol. The van der Waals surface area contributed by atoms with Crippen molar-refractivity contribution in [3.63, 3.8) is 0 Å². The Balaban J connectivity index is 1.76. The number of oxazole rings is 1. The first-order chi connectivity index (χ1) is 14.8.